The minimum Gasteiger partial charge on any atom is -0.380 e. The summed E-state index contributed by atoms with van der Waals surface area (Å²) in [6, 6.07) is 8.42. The number of ether oxygens (including phenoxy) is 1. The molecule has 1 atom stereocenters. The zero-order valence-electron chi connectivity index (χ0n) is 8.72. The van der Waals surface area contributed by atoms with Gasteiger partial charge in [-0.1, -0.05) is 23.9 Å². The first kappa shape index (κ1) is 11.2. The molecule has 0 aromatic heterocycles. The van der Waals surface area contributed by atoms with Crippen LogP contribution >= 0.6 is 24.4 Å². The molecule has 1 aliphatic rings. The van der Waals surface area contributed by atoms with E-state index in [0.29, 0.717) is 0 Å². The molecule has 0 radical (unpaired) electrons. The average Bonchev–Trinajstić information content (AvgIpc) is 2.56. The lowest BCUT2D eigenvalue weighted by molar-refractivity contribution is 0.154. The van der Waals surface area contributed by atoms with E-state index in [2.05, 4.69) is 41.8 Å². The molecule has 0 aliphatic carbocycles. The van der Waals surface area contributed by atoms with E-state index in [0.717, 1.165) is 19.8 Å². The van der Waals surface area contributed by atoms with Crippen molar-refractivity contribution < 1.29 is 4.74 Å². The number of hydrogen-bond donors (Lipinski definition) is 1. The van der Waals surface area contributed by atoms with Gasteiger partial charge in [0.15, 0.2) is 0 Å². The molecule has 0 amide bonds. The highest BCUT2D eigenvalue weighted by atomic mass is 32.2. The van der Waals surface area contributed by atoms with E-state index in [1.807, 2.05) is 6.92 Å². The average molecular weight is 241 g/mol. The van der Waals surface area contributed by atoms with E-state index >= 15 is 0 Å². The molecule has 0 saturated heterocycles. The van der Waals surface area contributed by atoms with E-state index in [1.54, 1.807) is 11.8 Å². The van der Waals surface area contributed by atoms with E-state index in [9.17, 15) is 0 Å². The molecule has 1 aromatic carbocycles. The Morgan fingerprint density at radius 1 is 1.47 bits per heavy atom. The first-order valence-electron chi connectivity index (χ1n) is 5.11. The Bertz CT molecular complexity index is 332. The Labute approximate surface area is 100 Å². The lowest BCUT2D eigenvalue weighted by Crippen LogP contribution is -2.29. The van der Waals surface area contributed by atoms with E-state index in [-0.39, 0.29) is 4.71 Å². The van der Waals surface area contributed by atoms with E-state index in [1.165, 1.54) is 10.6 Å². The summed E-state index contributed by atoms with van der Waals surface area (Å²) >= 11 is 6.36. The van der Waals surface area contributed by atoms with E-state index in [4.69, 9.17) is 4.74 Å². The molecule has 1 aliphatic heterocycles. The van der Waals surface area contributed by atoms with Gasteiger partial charge in [0.1, 0.15) is 4.71 Å². The third kappa shape index (κ3) is 2.44. The van der Waals surface area contributed by atoms with Crippen LogP contribution in [0, 0.1) is 0 Å². The van der Waals surface area contributed by atoms with Gasteiger partial charge in [-0.3, -0.25) is 0 Å². The summed E-state index contributed by atoms with van der Waals surface area (Å²) in [6.07, 6.45) is 0. The van der Waals surface area contributed by atoms with Gasteiger partial charge in [-0.15, -0.1) is 12.6 Å². The Balaban J connectivity index is 2.05. The number of rotatable bonds is 4. The highest BCUT2D eigenvalue weighted by Crippen LogP contribution is 2.44. The van der Waals surface area contributed by atoms with Crippen molar-refractivity contribution in [2.24, 2.45) is 0 Å². The Hall–Kier alpha value is -0.320. The highest BCUT2D eigenvalue weighted by Gasteiger charge is 2.26. The fraction of sp³-hybridized carbons (Fsp3) is 0.455. The van der Waals surface area contributed by atoms with Crippen molar-refractivity contribution in [2.75, 3.05) is 24.7 Å². The van der Waals surface area contributed by atoms with Crippen LogP contribution in [-0.2, 0) is 4.74 Å². The van der Waals surface area contributed by atoms with Crippen LogP contribution in [0.4, 0.5) is 5.69 Å². The van der Waals surface area contributed by atoms with Crippen LogP contribution in [0.5, 0.6) is 0 Å². The quantitative estimate of drug-likeness (QED) is 0.643. The normalized spacial score (nSPS) is 19.3. The number of benzene rings is 1. The van der Waals surface area contributed by atoms with Crippen LogP contribution in [0.25, 0.3) is 0 Å². The predicted octanol–water partition coefficient (Wildman–Crippen LogP) is 2.85. The molecule has 82 valence electrons. The lowest BCUT2D eigenvalue weighted by Gasteiger charge is -2.22. The second-order valence-corrected chi connectivity index (χ2v) is 5.26. The van der Waals surface area contributed by atoms with Gasteiger partial charge in [-0.2, -0.15) is 0 Å². The van der Waals surface area contributed by atoms with Crippen molar-refractivity contribution >= 4 is 30.1 Å². The van der Waals surface area contributed by atoms with Gasteiger partial charge < -0.3 is 9.64 Å². The number of thiol groups is 1. The van der Waals surface area contributed by atoms with Crippen LogP contribution in [0.2, 0.25) is 0 Å². The molecular weight excluding hydrogens is 226 g/mol. The Morgan fingerprint density at radius 3 is 3.07 bits per heavy atom. The minimum atomic E-state index is 0.225. The van der Waals surface area contributed by atoms with Crippen LogP contribution in [0.15, 0.2) is 29.2 Å². The molecule has 1 aromatic rings. The number of hydrogen-bond acceptors (Lipinski definition) is 4. The largest absolute Gasteiger partial charge is 0.380 e. The molecule has 15 heavy (non-hydrogen) atoms. The molecule has 2 nitrogen and oxygen atoms in total. The van der Waals surface area contributed by atoms with E-state index < -0.39 is 0 Å². The first-order valence-corrected chi connectivity index (χ1v) is 6.50. The second kappa shape index (κ2) is 5.14. The monoisotopic (exact) mass is 241 g/mol. The van der Waals surface area contributed by atoms with Gasteiger partial charge in [0.2, 0.25) is 0 Å². The SMILES string of the molecule is CCOCCN1c2ccccc2SC1S. The van der Waals surface area contributed by atoms with Crippen molar-refractivity contribution in [1.82, 2.24) is 0 Å². The van der Waals surface area contributed by atoms with Crippen molar-refractivity contribution in [3.8, 4) is 0 Å². The molecule has 0 spiro atoms. The number of anilines is 1. The topological polar surface area (TPSA) is 12.5 Å². The molecule has 0 bridgehead atoms. The van der Waals surface area contributed by atoms with Gasteiger partial charge >= 0.3 is 0 Å². The first-order chi connectivity index (χ1) is 7.33. The summed E-state index contributed by atoms with van der Waals surface area (Å²) in [4.78, 5) is 3.59. The molecule has 0 fully saturated rings. The maximum Gasteiger partial charge on any atom is 0.124 e. The maximum absolute atomic E-state index is 5.37. The molecule has 1 heterocycles. The number of nitrogens with zero attached hydrogens (tertiary/aromatic N) is 1. The van der Waals surface area contributed by atoms with Crippen LogP contribution < -0.4 is 4.90 Å². The zero-order valence-corrected chi connectivity index (χ0v) is 10.4. The number of para-hydroxylation sites is 1. The fourth-order valence-corrected chi connectivity index (χ4v) is 3.25. The van der Waals surface area contributed by atoms with Gasteiger partial charge in [-0.05, 0) is 19.1 Å². The third-order valence-electron chi connectivity index (χ3n) is 2.35. The summed E-state index contributed by atoms with van der Waals surface area (Å²) in [5.41, 5.74) is 1.28. The smallest absolute Gasteiger partial charge is 0.124 e. The molecule has 2 rings (SSSR count). The van der Waals surface area contributed by atoms with Gasteiger partial charge in [0, 0.05) is 18.0 Å². The summed E-state index contributed by atoms with van der Waals surface area (Å²) in [7, 11) is 0. The minimum absolute atomic E-state index is 0.225. The summed E-state index contributed by atoms with van der Waals surface area (Å²) in [5.74, 6) is 0. The van der Waals surface area contributed by atoms with Crippen LogP contribution in [0.1, 0.15) is 6.92 Å². The Morgan fingerprint density at radius 2 is 2.27 bits per heavy atom. The van der Waals surface area contributed by atoms with Crippen molar-refractivity contribution in [1.29, 1.82) is 0 Å². The predicted molar refractivity (Wildman–Crippen MR) is 68.9 cm³/mol. The zero-order chi connectivity index (χ0) is 10.7. The molecule has 1 unspecified atom stereocenters. The fourth-order valence-electron chi connectivity index (χ4n) is 1.63. The molecule has 0 saturated carbocycles. The lowest BCUT2D eigenvalue weighted by atomic mass is 10.3. The van der Waals surface area contributed by atoms with Crippen molar-refractivity contribution in [2.45, 2.75) is 16.5 Å². The summed E-state index contributed by atoms with van der Waals surface area (Å²) in [5, 5.41) is 0. The van der Waals surface area contributed by atoms with Gasteiger partial charge in [0.05, 0.1) is 12.3 Å². The Kier molecular flexibility index (Phi) is 3.83. The molecule has 0 N–H and O–H groups in total. The number of thioether (sulfide) groups is 1. The standard InChI is InChI=1S/C11H15NOS2/c1-2-13-8-7-12-9-5-3-4-6-10(9)15-11(12)14/h3-6,11,14H,2,7-8H2,1H3. The van der Waals surface area contributed by atoms with Gasteiger partial charge in [0.25, 0.3) is 0 Å². The van der Waals surface area contributed by atoms with Crippen molar-refractivity contribution in [3.05, 3.63) is 24.3 Å². The summed E-state index contributed by atoms with van der Waals surface area (Å²) in [6.45, 7) is 4.47. The third-order valence-corrected chi connectivity index (χ3v) is 4.01. The maximum atomic E-state index is 5.37. The van der Waals surface area contributed by atoms with Crippen LogP contribution in [0.3, 0.4) is 0 Å². The molecular formula is C11H15NOS2. The number of fused-ring (bicyclic) bond motifs is 1. The molecule has 4 heteroatoms. The van der Waals surface area contributed by atoms with Crippen molar-refractivity contribution in [3.63, 3.8) is 0 Å². The second-order valence-electron chi connectivity index (χ2n) is 3.30. The van der Waals surface area contributed by atoms with Gasteiger partial charge in [-0.25, -0.2) is 0 Å². The highest BCUT2D eigenvalue weighted by molar-refractivity contribution is 8.10. The summed E-state index contributed by atoms with van der Waals surface area (Å²) < 4.78 is 5.60. The van der Waals surface area contributed by atoms with Crippen LogP contribution in [-0.4, -0.2) is 24.5 Å².